The number of anilines is 1. The standard InChI is InChI=1S/C24H23N3O5/c28-23-20-5-3-4-16-14-18(27(30)31)15-21(22(16)20)24(29)26(23)17-6-8-19(9-7-17)32-13-12-25-10-1-2-11-25/h3-9,14-15,27,30H,1-2,10-13H2. The van der Waals surface area contributed by atoms with E-state index in [1.807, 2.05) is 0 Å². The highest BCUT2D eigenvalue weighted by Gasteiger charge is 2.34. The van der Waals surface area contributed by atoms with Crippen molar-refractivity contribution in [2.45, 2.75) is 12.8 Å². The Morgan fingerprint density at radius 3 is 2.41 bits per heavy atom. The summed E-state index contributed by atoms with van der Waals surface area (Å²) >= 11 is 0. The molecule has 2 N–H and O–H groups in total. The van der Waals surface area contributed by atoms with Crippen LogP contribution >= 0.6 is 0 Å². The van der Waals surface area contributed by atoms with Crippen molar-refractivity contribution in [2.75, 3.05) is 31.1 Å². The van der Waals surface area contributed by atoms with Gasteiger partial charge in [-0.15, -0.1) is 0 Å². The van der Waals surface area contributed by atoms with Gasteiger partial charge in [0.1, 0.15) is 12.4 Å². The number of amides is 2. The van der Waals surface area contributed by atoms with Gasteiger partial charge >= 0.3 is 0 Å². The molecule has 3 aromatic carbocycles. The molecule has 32 heavy (non-hydrogen) atoms. The third-order valence-electron chi connectivity index (χ3n) is 6.06. The average molecular weight is 433 g/mol. The van der Waals surface area contributed by atoms with Crippen molar-refractivity contribution in [1.82, 2.24) is 4.90 Å². The Morgan fingerprint density at radius 2 is 1.69 bits per heavy atom. The van der Waals surface area contributed by atoms with Crippen LogP contribution in [-0.4, -0.2) is 48.2 Å². The minimum atomic E-state index is -1.12. The van der Waals surface area contributed by atoms with E-state index in [1.165, 1.54) is 25.0 Å². The zero-order valence-electron chi connectivity index (χ0n) is 17.4. The maximum absolute atomic E-state index is 13.3. The first-order valence-corrected chi connectivity index (χ1v) is 10.7. The van der Waals surface area contributed by atoms with E-state index in [-0.39, 0.29) is 11.3 Å². The number of ether oxygens (including phenoxy) is 1. The lowest BCUT2D eigenvalue weighted by molar-refractivity contribution is -0.991. The van der Waals surface area contributed by atoms with E-state index in [9.17, 15) is 20.0 Å². The lowest BCUT2D eigenvalue weighted by Crippen LogP contribution is -2.99. The number of imide groups is 1. The van der Waals surface area contributed by atoms with Crippen LogP contribution in [0.15, 0.2) is 54.6 Å². The third-order valence-corrected chi connectivity index (χ3v) is 6.06. The molecule has 0 aliphatic carbocycles. The number of nitrogens with zero attached hydrogens (tertiary/aromatic N) is 2. The highest BCUT2D eigenvalue weighted by atomic mass is 16.8. The fourth-order valence-corrected chi connectivity index (χ4v) is 4.46. The van der Waals surface area contributed by atoms with Crippen LogP contribution in [0.5, 0.6) is 5.75 Å². The van der Waals surface area contributed by atoms with Crippen LogP contribution in [0.4, 0.5) is 11.4 Å². The van der Waals surface area contributed by atoms with Gasteiger partial charge in [-0.05, 0) is 61.6 Å². The zero-order chi connectivity index (χ0) is 22.2. The lowest BCUT2D eigenvalue weighted by Gasteiger charge is -2.28. The smallest absolute Gasteiger partial charge is 0.266 e. The molecule has 5 rings (SSSR count). The van der Waals surface area contributed by atoms with E-state index >= 15 is 0 Å². The fraction of sp³-hybridized carbons (Fsp3) is 0.250. The van der Waals surface area contributed by atoms with Gasteiger partial charge in [-0.25, -0.2) is 10.1 Å². The van der Waals surface area contributed by atoms with E-state index in [0.717, 1.165) is 24.5 Å². The predicted molar refractivity (Wildman–Crippen MR) is 118 cm³/mol. The van der Waals surface area contributed by atoms with Crippen LogP contribution in [-0.2, 0) is 0 Å². The molecule has 0 aromatic heterocycles. The monoisotopic (exact) mass is 433 g/mol. The third kappa shape index (κ3) is 3.63. The van der Waals surface area contributed by atoms with E-state index in [2.05, 4.69) is 4.90 Å². The molecule has 0 saturated carbocycles. The molecule has 3 aromatic rings. The molecule has 0 radical (unpaired) electrons. The topological polar surface area (TPSA) is 97.6 Å². The van der Waals surface area contributed by atoms with Crippen LogP contribution in [0.25, 0.3) is 10.8 Å². The number of carbonyl (C=O) groups is 2. The number of nitrogens with one attached hydrogen (secondary N) is 1. The number of benzene rings is 3. The Kier molecular flexibility index (Phi) is 5.36. The highest BCUT2D eigenvalue weighted by molar-refractivity contribution is 6.36. The van der Waals surface area contributed by atoms with Crippen molar-refractivity contribution in [2.24, 2.45) is 0 Å². The summed E-state index contributed by atoms with van der Waals surface area (Å²) in [6, 6.07) is 14.7. The molecular formula is C24H23N3O5. The molecule has 164 valence electrons. The molecule has 8 nitrogen and oxygen atoms in total. The van der Waals surface area contributed by atoms with Gasteiger partial charge in [0.05, 0.1) is 11.3 Å². The Balaban J connectivity index is 1.41. The van der Waals surface area contributed by atoms with E-state index in [4.69, 9.17) is 4.74 Å². The maximum Gasteiger partial charge on any atom is 0.266 e. The second-order valence-corrected chi connectivity index (χ2v) is 8.07. The van der Waals surface area contributed by atoms with Crippen molar-refractivity contribution in [3.05, 3.63) is 70.9 Å². The Hall–Kier alpha value is -3.30. The first-order chi connectivity index (χ1) is 15.5. The van der Waals surface area contributed by atoms with Gasteiger partial charge in [-0.2, -0.15) is 5.23 Å². The van der Waals surface area contributed by atoms with Crippen molar-refractivity contribution in [1.29, 1.82) is 0 Å². The number of hydrogen-bond acceptors (Lipinski definition) is 6. The van der Waals surface area contributed by atoms with Crippen LogP contribution in [0.2, 0.25) is 0 Å². The summed E-state index contributed by atoms with van der Waals surface area (Å²) in [5.41, 5.74) is 1.00. The first-order valence-electron chi connectivity index (χ1n) is 10.7. The van der Waals surface area contributed by atoms with E-state index < -0.39 is 17.0 Å². The molecule has 1 saturated heterocycles. The van der Waals surface area contributed by atoms with E-state index in [1.54, 1.807) is 42.5 Å². The quantitative estimate of drug-likeness (QED) is 0.458. The van der Waals surface area contributed by atoms with Gasteiger partial charge in [-0.1, -0.05) is 12.1 Å². The minimum absolute atomic E-state index is 0.00838. The Bertz CT molecular complexity index is 1190. The van der Waals surface area contributed by atoms with E-state index in [0.29, 0.717) is 34.4 Å². The number of quaternary nitrogens is 1. The number of carbonyl (C=O) groups excluding carboxylic acids is 2. The van der Waals surface area contributed by atoms with Crippen LogP contribution in [0, 0.1) is 5.21 Å². The molecule has 2 aliphatic rings. The second-order valence-electron chi connectivity index (χ2n) is 8.07. The molecule has 0 spiro atoms. The van der Waals surface area contributed by atoms with Crippen LogP contribution in [0.3, 0.4) is 0 Å². The van der Waals surface area contributed by atoms with Gasteiger partial charge in [0, 0.05) is 29.6 Å². The molecule has 2 aliphatic heterocycles. The summed E-state index contributed by atoms with van der Waals surface area (Å²) in [6.07, 6.45) is 2.47. The summed E-state index contributed by atoms with van der Waals surface area (Å²) in [6.45, 7) is 3.67. The normalized spacial score (nSPS) is 17.2. The molecule has 0 bridgehead atoms. The fourth-order valence-electron chi connectivity index (χ4n) is 4.46. The molecule has 1 unspecified atom stereocenters. The lowest BCUT2D eigenvalue weighted by atomic mass is 9.93. The van der Waals surface area contributed by atoms with Crippen molar-refractivity contribution in [3.8, 4) is 5.75 Å². The Labute approximate surface area is 184 Å². The summed E-state index contributed by atoms with van der Waals surface area (Å²) in [5, 5.41) is 20.9. The van der Waals surface area contributed by atoms with Crippen LogP contribution < -0.4 is 14.9 Å². The van der Waals surface area contributed by atoms with Gasteiger partial charge < -0.3 is 9.94 Å². The first kappa shape index (κ1) is 20.6. The average Bonchev–Trinajstić information content (AvgIpc) is 3.31. The molecule has 2 heterocycles. The summed E-state index contributed by atoms with van der Waals surface area (Å²) in [7, 11) is 0. The number of hydrogen-bond donors (Lipinski definition) is 2. The SMILES string of the molecule is O=C1c2cccc3cc([NH+]([O-])O)cc(c23)C(=O)N1c1ccc(OCCN2CCCC2)cc1. The minimum Gasteiger partial charge on any atom is -0.595 e. The van der Waals surface area contributed by atoms with Gasteiger partial charge in [-0.3, -0.25) is 14.5 Å². The summed E-state index contributed by atoms with van der Waals surface area (Å²) < 4.78 is 5.81. The largest absolute Gasteiger partial charge is 0.595 e. The second kappa shape index (κ2) is 8.33. The Morgan fingerprint density at radius 1 is 0.969 bits per heavy atom. The van der Waals surface area contributed by atoms with Gasteiger partial charge in [0.15, 0.2) is 5.69 Å². The van der Waals surface area contributed by atoms with Crippen LogP contribution in [0.1, 0.15) is 33.6 Å². The van der Waals surface area contributed by atoms with Crippen molar-refractivity contribution in [3.63, 3.8) is 0 Å². The predicted octanol–water partition coefficient (Wildman–Crippen LogP) is 2.52. The molecule has 1 fully saturated rings. The van der Waals surface area contributed by atoms with Gasteiger partial charge in [0.25, 0.3) is 11.8 Å². The van der Waals surface area contributed by atoms with Crippen molar-refractivity contribution >= 4 is 34.0 Å². The maximum atomic E-state index is 13.3. The van der Waals surface area contributed by atoms with Crippen molar-refractivity contribution < 1.29 is 24.8 Å². The summed E-state index contributed by atoms with van der Waals surface area (Å²) in [5.74, 6) is -0.302. The highest BCUT2D eigenvalue weighted by Crippen LogP contribution is 2.34. The zero-order valence-corrected chi connectivity index (χ0v) is 17.4. The number of likely N-dealkylation sites (tertiary alicyclic amines) is 1. The molecular weight excluding hydrogens is 410 g/mol. The molecule has 2 amide bonds. The number of rotatable bonds is 6. The van der Waals surface area contributed by atoms with Gasteiger partial charge in [0.2, 0.25) is 0 Å². The molecule has 1 atom stereocenters. The molecule has 8 heteroatoms. The summed E-state index contributed by atoms with van der Waals surface area (Å²) in [4.78, 5) is 29.9.